The Hall–Kier alpha value is -2.67. The molecule has 4 heterocycles. The highest BCUT2D eigenvalue weighted by Crippen LogP contribution is 2.08. The summed E-state index contributed by atoms with van der Waals surface area (Å²) in [5.74, 6) is 1.40. The van der Waals surface area contributed by atoms with E-state index in [-0.39, 0.29) is 37.2 Å². The molecule has 0 atom stereocenters. The van der Waals surface area contributed by atoms with Crippen LogP contribution in [0.2, 0.25) is 0 Å². The smallest absolute Gasteiger partial charge is 0.440 e. The van der Waals surface area contributed by atoms with E-state index in [1.807, 2.05) is 105 Å². The Morgan fingerprint density at radius 1 is 0.444 bits per heavy atom. The first-order valence-corrected chi connectivity index (χ1v) is 7.57. The van der Waals surface area contributed by atoms with Crippen molar-refractivity contribution in [1.82, 2.24) is 15.4 Å². The molecule has 0 fully saturated rings. The minimum absolute atomic E-state index is 0. The first kappa shape index (κ1) is 22.4. The second kappa shape index (κ2) is 10.5. The van der Waals surface area contributed by atoms with Crippen LogP contribution in [0, 0.1) is 0 Å². The monoisotopic (exact) mass is 420 g/mol. The van der Waals surface area contributed by atoms with Crippen molar-refractivity contribution >= 4 is 0 Å². The molecule has 0 aliphatic heterocycles. The summed E-state index contributed by atoms with van der Waals surface area (Å²) in [6.07, 6.45) is 11.7. The van der Waals surface area contributed by atoms with Crippen molar-refractivity contribution in [2.45, 2.75) is 0 Å². The molecule has 0 saturated heterocycles. The standard InChI is InChI=1S/C18H15N6.3ClH/c1-4-10-22(11-5-1)16-17(23-12-6-2-7-13-23)19-21-20-18(16)24-14-8-3-9-15-24;;;/h1-15H;3*1H/q+3;;;/p-3. The molecule has 0 radical (unpaired) electrons. The van der Waals surface area contributed by atoms with Crippen LogP contribution in [-0.4, -0.2) is 15.4 Å². The van der Waals surface area contributed by atoms with Gasteiger partial charge in [0.25, 0.3) is 0 Å². The predicted octanol–water partition coefficient (Wildman–Crippen LogP) is -8.29. The number of pyridine rings is 3. The molecule has 0 bridgehead atoms. The molecule has 0 aromatic carbocycles. The fourth-order valence-corrected chi connectivity index (χ4v) is 2.51. The van der Waals surface area contributed by atoms with E-state index >= 15 is 0 Å². The van der Waals surface area contributed by atoms with E-state index in [0.29, 0.717) is 11.6 Å². The van der Waals surface area contributed by atoms with E-state index in [1.165, 1.54) is 0 Å². The number of rotatable bonds is 3. The largest absolute Gasteiger partial charge is 1.00 e. The van der Waals surface area contributed by atoms with Gasteiger partial charge in [0.05, 0.1) is 24.8 Å². The molecule has 0 N–H and O–H groups in total. The van der Waals surface area contributed by atoms with Crippen molar-refractivity contribution in [3.8, 4) is 17.3 Å². The molecule has 4 rings (SSSR count). The van der Waals surface area contributed by atoms with Crippen molar-refractivity contribution in [2.24, 2.45) is 0 Å². The molecule has 0 spiro atoms. The van der Waals surface area contributed by atoms with Crippen LogP contribution in [0.1, 0.15) is 0 Å². The number of halogens is 3. The van der Waals surface area contributed by atoms with E-state index in [0.717, 1.165) is 5.69 Å². The fraction of sp³-hybridized carbons (Fsp3) is 0. The molecule has 138 valence electrons. The summed E-state index contributed by atoms with van der Waals surface area (Å²) in [5.41, 5.74) is 0.845. The topological polar surface area (TPSA) is 50.3 Å². The van der Waals surface area contributed by atoms with Crippen LogP contribution in [0.5, 0.6) is 0 Å². The Labute approximate surface area is 175 Å². The third kappa shape index (κ3) is 4.74. The highest BCUT2D eigenvalue weighted by Gasteiger charge is 2.37. The van der Waals surface area contributed by atoms with Gasteiger partial charge in [0, 0.05) is 12.1 Å². The van der Waals surface area contributed by atoms with E-state index < -0.39 is 0 Å². The Bertz CT molecular complexity index is 899. The number of hydrogen-bond acceptors (Lipinski definition) is 3. The van der Waals surface area contributed by atoms with Crippen LogP contribution in [-0.2, 0) is 0 Å². The summed E-state index contributed by atoms with van der Waals surface area (Å²) in [6, 6.07) is 17.7. The third-order valence-electron chi connectivity index (χ3n) is 3.60. The normalized spacial score (nSPS) is 9.33. The van der Waals surface area contributed by atoms with Gasteiger partial charge in [0.2, 0.25) is 0 Å². The van der Waals surface area contributed by atoms with Crippen LogP contribution in [0.15, 0.2) is 91.8 Å². The van der Waals surface area contributed by atoms with Crippen LogP contribution in [0.4, 0.5) is 0 Å². The van der Waals surface area contributed by atoms with E-state index in [2.05, 4.69) is 15.4 Å². The zero-order chi connectivity index (χ0) is 16.2. The lowest BCUT2D eigenvalue weighted by Crippen LogP contribution is -3.00. The highest BCUT2D eigenvalue weighted by molar-refractivity contribution is 5.41. The quantitative estimate of drug-likeness (QED) is 0.309. The Morgan fingerprint density at radius 2 is 0.778 bits per heavy atom. The molecule has 0 aliphatic carbocycles. The predicted molar refractivity (Wildman–Crippen MR) is 84.4 cm³/mol. The zero-order valence-electron chi connectivity index (χ0n) is 14.0. The Morgan fingerprint density at radius 3 is 1.15 bits per heavy atom. The first-order valence-electron chi connectivity index (χ1n) is 7.57. The molecule has 0 saturated carbocycles. The van der Waals surface area contributed by atoms with Gasteiger partial charge in [-0.2, -0.15) is 13.7 Å². The number of hydrogen-bond donors (Lipinski definition) is 0. The van der Waals surface area contributed by atoms with Gasteiger partial charge in [0.1, 0.15) is 10.2 Å². The molecule has 9 heteroatoms. The lowest BCUT2D eigenvalue weighted by Gasteiger charge is -1.99. The van der Waals surface area contributed by atoms with Crippen molar-refractivity contribution in [3.63, 3.8) is 0 Å². The average Bonchev–Trinajstić information content (AvgIpc) is 2.69. The van der Waals surface area contributed by atoms with Gasteiger partial charge in [-0.15, -0.1) is 0 Å². The average molecular weight is 422 g/mol. The molecule has 27 heavy (non-hydrogen) atoms. The maximum atomic E-state index is 4.28. The van der Waals surface area contributed by atoms with Crippen LogP contribution >= 0.6 is 0 Å². The third-order valence-corrected chi connectivity index (χ3v) is 3.60. The number of nitrogens with zero attached hydrogens (tertiary/aromatic N) is 6. The summed E-state index contributed by atoms with van der Waals surface area (Å²) >= 11 is 0. The first-order chi connectivity index (χ1) is 11.9. The van der Waals surface area contributed by atoms with Crippen molar-refractivity contribution in [3.05, 3.63) is 91.8 Å². The second-order valence-electron chi connectivity index (χ2n) is 5.13. The highest BCUT2D eigenvalue weighted by atomic mass is 35.5. The van der Waals surface area contributed by atoms with Crippen molar-refractivity contribution < 1.29 is 50.9 Å². The minimum Gasteiger partial charge on any atom is -1.00 e. The summed E-state index contributed by atoms with van der Waals surface area (Å²) in [5, 5.41) is 12.5. The lowest BCUT2D eigenvalue weighted by atomic mass is 10.3. The molecule has 4 aromatic rings. The van der Waals surface area contributed by atoms with Crippen molar-refractivity contribution in [1.29, 1.82) is 0 Å². The SMILES string of the molecule is [Cl-].[Cl-].[Cl-].c1cc[n+](-c2nnnc(-[n+]3ccccc3)c2-[n+]2ccccc2)cc1. The Balaban J connectivity index is 0.00000121. The molecule has 6 nitrogen and oxygen atoms in total. The minimum atomic E-state index is 0. The van der Waals surface area contributed by atoms with Gasteiger partial charge in [-0.1, -0.05) is 18.2 Å². The van der Waals surface area contributed by atoms with Gasteiger partial charge in [0.15, 0.2) is 17.6 Å². The molecular formula is C18H15Cl3N6. The molecule has 0 unspecified atom stereocenters. The van der Waals surface area contributed by atoms with E-state index in [1.54, 1.807) is 0 Å². The summed E-state index contributed by atoms with van der Waals surface area (Å²) in [7, 11) is 0. The maximum Gasteiger partial charge on any atom is 0.440 e. The molecular weight excluding hydrogens is 407 g/mol. The second-order valence-corrected chi connectivity index (χ2v) is 5.13. The summed E-state index contributed by atoms with van der Waals surface area (Å²) in [4.78, 5) is 0. The van der Waals surface area contributed by atoms with E-state index in [4.69, 9.17) is 0 Å². The van der Waals surface area contributed by atoms with Crippen LogP contribution < -0.4 is 50.9 Å². The summed E-state index contributed by atoms with van der Waals surface area (Å²) < 4.78 is 5.85. The summed E-state index contributed by atoms with van der Waals surface area (Å²) in [6.45, 7) is 0. The van der Waals surface area contributed by atoms with Gasteiger partial charge in [-0.05, 0) is 24.3 Å². The van der Waals surface area contributed by atoms with Gasteiger partial charge in [-0.25, -0.2) is 0 Å². The van der Waals surface area contributed by atoms with Gasteiger partial charge < -0.3 is 37.2 Å². The van der Waals surface area contributed by atoms with Crippen LogP contribution in [0.3, 0.4) is 0 Å². The number of aromatic nitrogens is 6. The fourth-order valence-electron chi connectivity index (χ4n) is 2.51. The van der Waals surface area contributed by atoms with Gasteiger partial charge in [-0.3, -0.25) is 0 Å². The van der Waals surface area contributed by atoms with E-state index in [9.17, 15) is 0 Å². The molecule has 0 aliphatic rings. The Kier molecular flexibility index (Phi) is 8.68. The van der Waals surface area contributed by atoms with Crippen LogP contribution in [0.25, 0.3) is 17.3 Å². The van der Waals surface area contributed by atoms with Crippen molar-refractivity contribution in [2.75, 3.05) is 0 Å². The maximum absolute atomic E-state index is 4.28. The zero-order valence-corrected chi connectivity index (χ0v) is 16.2. The lowest BCUT2D eigenvalue weighted by molar-refractivity contribution is -0.655. The molecule has 0 amide bonds. The van der Waals surface area contributed by atoms with Gasteiger partial charge >= 0.3 is 17.3 Å². The molecule has 4 aromatic heterocycles.